The zero-order valence-electron chi connectivity index (χ0n) is 17.6. The predicted molar refractivity (Wildman–Crippen MR) is 113 cm³/mol. The van der Waals surface area contributed by atoms with Crippen molar-refractivity contribution >= 4 is 0 Å². The third-order valence-electron chi connectivity index (χ3n) is 6.80. The second kappa shape index (κ2) is 7.50. The van der Waals surface area contributed by atoms with E-state index in [2.05, 4.69) is 49.9 Å². The Bertz CT molecular complexity index is 844. The van der Waals surface area contributed by atoms with Crippen LogP contribution in [0.1, 0.15) is 56.4 Å². The van der Waals surface area contributed by atoms with Crippen LogP contribution in [0.15, 0.2) is 48.5 Å². The van der Waals surface area contributed by atoms with E-state index in [1.807, 2.05) is 0 Å². The predicted octanol–water partition coefficient (Wildman–Crippen LogP) is 4.39. The van der Waals surface area contributed by atoms with Gasteiger partial charge >= 0.3 is 0 Å². The summed E-state index contributed by atoms with van der Waals surface area (Å²) in [4.78, 5) is 2.26. The molecule has 0 aromatic heterocycles. The van der Waals surface area contributed by atoms with Gasteiger partial charge < -0.3 is 10.2 Å². The lowest BCUT2D eigenvalue weighted by molar-refractivity contribution is 0.0288. The molecule has 0 amide bonds. The van der Waals surface area contributed by atoms with E-state index in [0.717, 1.165) is 31.5 Å². The number of hydrogen-bond donors (Lipinski definition) is 2. The van der Waals surface area contributed by atoms with Gasteiger partial charge in [-0.05, 0) is 58.9 Å². The van der Waals surface area contributed by atoms with Crippen LogP contribution >= 0.6 is 0 Å². The number of aliphatic hydroxyl groups is 2. The summed E-state index contributed by atoms with van der Waals surface area (Å²) in [6.07, 6.45) is 0.839. The van der Waals surface area contributed by atoms with Gasteiger partial charge in [-0.2, -0.15) is 0 Å². The van der Waals surface area contributed by atoms with E-state index in [1.165, 1.54) is 17.7 Å². The van der Waals surface area contributed by atoms with E-state index >= 15 is 0 Å². The summed E-state index contributed by atoms with van der Waals surface area (Å²) in [6.45, 7) is 8.85. The second-order valence-electron chi connectivity index (χ2n) is 10.1. The fraction of sp³-hybridized carbons (Fsp3) is 0.520. The molecule has 4 heteroatoms. The average molecular weight is 398 g/mol. The van der Waals surface area contributed by atoms with Crippen molar-refractivity contribution in [3.05, 3.63) is 71.0 Å². The molecule has 2 N–H and O–H groups in total. The highest BCUT2D eigenvalue weighted by molar-refractivity contribution is 5.32. The van der Waals surface area contributed by atoms with Crippen molar-refractivity contribution in [2.45, 2.75) is 50.7 Å². The van der Waals surface area contributed by atoms with Crippen molar-refractivity contribution in [2.24, 2.45) is 11.8 Å². The lowest BCUT2D eigenvalue weighted by Gasteiger charge is -2.28. The quantitative estimate of drug-likeness (QED) is 0.804. The number of nitrogens with zero attached hydrogens (tertiary/aromatic N) is 1. The average Bonchev–Trinajstić information content (AvgIpc) is 3.16. The minimum absolute atomic E-state index is 0.107. The summed E-state index contributed by atoms with van der Waals surface area (Å²) in [6, 6.07) is 14.7. The van der Waals surface area contributed by atoms with Crippen molar-refractivity contribution in [2.75, 3.05) is 19.6 Å². The number of halogens is 1. The van der Waals surface area contributed by atoms with E-state index in [-0.39, 0.29) is 11.2 Å². The molecule has 1 unspecified atom stereocenters. The van der Waals surface area contributed by atoms with Gasteiger partial charge in [0.25, 0.3) is 0 Å². The van der Waals surface area contributed by atoms with Gasteiger partial charge in [0.2, 0.25) is 0 Å². The van der Waals surface area contributed by atoms with Crippen molar-refractivity contribution in [1.82, 2.24) is 4.90 Å². The van der Waals surface area contributed by atoms with Crippen LogP contribution in [0.5, 0.6) is 0 Å². The van der Waals surface area contributed by atoms with Gasteiger partial charge in [0.05, 0.1) is 11.7 Å². The molecule has 0 bridgehead atoms. The van der Waals surface area contributed by atoms with Crippen molar-refractivity contribution < 1.29 is 14.6 Å². The summed E-state index contributed by atoms with van der Waals surface area (Å²) in [5.74, 6) is 0.548. The molecule has 2 aromatic carbocycles. The van der Waals surface area contributed by atoms with Gasteiger partial charge in [0, 0.05) is 19.6 Å². The molecule has 1 saturated heterocycles. The first-order valence-corrected chi connectivity index (χ1v) is 10.6. The molecule has 2 aromatic rings. The van der Waals surface area contributed by atoms with E-state index in [0.29, 0.717) is 23.9 Å². The summed E-state index contributed by atoms with van der Waals surface area (Å²) in [7, 11) is 0. The SMILES string of the molecule is CC(C)(C)c1ccc([C@]2(O)C[C@H]3CN(CC(O)c4cccc(F)c4)C[C@H]3C2)cc1. The summed E-state index contributed by atoms with van der Waals surface area (Å²) < 4.78 is 13.4. The molecule has 1 saturated carbocycles. The van der Waals surface area contributed by atoms with Crippen molar-refractivity contribution in [1.29, 1.82) is 0 Å². The lowest BCUT2D eigenvalue weighted by atomic mass is 9.84. The molecule has 0 radical (unpaired) electrons. The molecular formula is C25H32FNO2. The second-order valence-corrected chi connectivity index (χ2v) is 10.1. The largest absolute Gasteiger partial charge is 0.387 e. The van der Waals surface area contributed by atoms with Gasteiger partial charge in [-0.1, -0.05) is 57.2 Å². The van der Waals surface area contributed by atoms with Crippen LogP contribution in [-0.2, 0) is 11.0 Å². The Morgan fingerprint density at radius 2 is 1.69 bits per heavy atom. The number of hydrogen-bond acceptors (Lipinski definition) is 3. The first-order valence-electron chi connectivity index (χ1n) is 10.6. The van der Waals surface area contributed by atoms with Crippen LogP contribution < -0.4 is 0 Å². The highest BCUT2D eigenvalue weighted by Crippen LogP contribution is 2.49. The Hall–Kier alpha value is -1.75. The van der Waals surface area contributed by atoms with Gasteiger partial charge in [-0.3, -0.25) is 4.90 Å². The maximum Gasteiger partial charge on any atom is 0.123 e. The zero-order valence-corrected chi connectivity index (χ0v) is 17.6. The van der Waals surface area contributed by atoms with Crippen LogP contribution in [0.4, 0.5) is 4.39 Å². The van der Waals surface area contributed by atoms with Crippen LogP contribution in [0.25, 0.3) is 0 Å². The van der Waals surface area contributed by atoms with E-state index in [4.69, 9.17) is 0 Å². The summed E-state index contributed by atoms with van der Waals surface area (Å²) >= 11 is 0. The van der Waals surface area contributed by atoms with Gasteiger partial charge in [-0.25, -0.2) is 4.39 Å². The van der Waals surface area contributed by atoms with Gasteiger partial charge in [-0.15, -0.1) is 0 Å². The Balaban J connectivity index is 1.38. The molecule has 4 atom stereocenters. The maximum atomic E-state index is 13.4. The molecule has 2 fully saturated rings. The molecule has 29 heavy (non-hydrogen) atoms. The Morgan fingerprint density at radius 3 is 2.24 bits per heavy atom. The molecule has 3 nitrogen and oxygen atoms in total. The molecule has 4 rings (SSSR count). The van der Waals surface area contributed by atoms with Crippen molar-refractivity contribution in [3.8, 4) is 0 Å². The first kappa shape index (κ1) is 20.5. The summed E-state index contributed by atoms with van der Waals surface area (Å²) in [5, 5.41) is 21.8. The molecule has 1 aliphatic heterocycles. The van der Waals surface area contributed by atoms with E-state index < -0.39 is 11.7 Å². The third kappa shape index (κ3) is 4.25. The van der Waals surface area contributed by atoms with Crippen molar-refractivity contribution in [3.63, 3.8) is 0 Å². The van der Waals surface area contributed by atoms with Crippen LogP contribution in [0.2, 0.25) is 0 Å². The number of rotatable bonds is 4. The smallest absolute Gasteiger partial charge is 0.123 e. The lowest BCUT2D eigenvalue weighted by Crippen LogP contribution is -2.31. The minimum atomic E-state index is -0.751. The fourth-order valence-electron chi connectivity index (χ4n) is 5.18. The molecule has 1 aliphatic carbocycles. The highest BCUT2D eigenvalue weighted by atomic mass is 19.1. The van der Waals surface area contributed by atoms with Crippen LogP contribution in [-0.4, -0.2) is 34.7 Å². The monoisotopic (exact) mass is 397 g/mol. The molecule has 0 spiro atoms. The third-order valence-corrected chi connectivity index (χ3v) is 6.80. The number of fused-ring (bicyclic) bond motifs is 1. The topological polar surface area (TPSA) is 43.7 Å². The van der Waals surface area contributed by atoms with Gasteiger partial charge in [0.15, 0.2) is 0 Å². The Morgan fingerprint density at radius 1 is 1.07 bits per heavy atom. The normalized spacial score (nSPS) is 28.5. The number of benzene rings is 2. The molecule has 2 aliphatic rings. The van der Waals surface area contributed by atoms with Crippen LogP contribution in [0, 0.1) is 17.7 Å². The molecule has 1 heterocycles. The molecule has 156 valence electrons. The first-order chi connectivity index (χ1) is 13.6. The van der Waals surface area contributed by atoms with Crippen LogP contribution in [0.3, 0.4) is 0 Å². The summed E-state index contributed by atoms with van der Waals surface area (Å²) in [5.41, 5.74) is 2.28. The zero-order chi connectivity index (χ0) is 20.8. The maximum absolute atomic E-state index is 13.4. The van der Waals surface area contributed by atoms with E-state index in [1.54, 1.807) is 12.1 Å². The number of likely N-dealkylation sites (tertiary alicyclic amines) is 1. The highest BCUT2D eigenvalue weighted by Gasteiger charge is 2.49. The number of aliphatic hydroxyl groups excluding tert-OH is 1. The molecular weight excluding hydrogens is 365 g/mol. The number of β-amino-alcohol motifs (C(OH)–C–C–N with tert-alkyl or cyclic N) is 1. The minimum Gasteiger partial charge on any atom is -0.387 e. The standard InChI is InChI=1S/C25H32FNO2/c1-24(2,3)20-7-9-21(10-8-20)25(29)12-18-14-27(15-19(18)13-25)16-23(28)17-5-4-6-22(26)11-17/h4-11,18-19,23,28-29H,12-16H2,1-3H3/t18-,19+,23?,25-. The van der Waals surface area contributed by atoms with E-state index in [9.17, 15) is 14.6 Å². The Labute approximate surface area is 173 Å². The Kier molecular flexibility index (Phi) is 5.30. The van der Waals surface area contributed by atoms with Gasteiger partial charge in [0.1, 0.15) is 5.82 Å². The fourth-order valence-corrected chi connectivity index (χ4v) is 5.18.